The first-order chi connectivity index (χ1) is 7.49. The highest BCUT2D eigenvalue weighted by Gasteiger charge is 2.14. The van der Waals surface area contributed by atoms with Crippen LogP contribution in [0.4, 0.5) is 0 Å². The van der Waals surface area contributed by atoms with E-state index in [1.54, 1.807) is 0 Å². The molecule has 0 saturated heterocycles. The van der Waals surface area contributed by atoms with Crippen LogP contribution >= 0.6 is 0 Å². The van der Waals surface area contributed by atoms with Gasteiger partial charge in [0.15, 0.2) is 0 Å². The van der Waals surface area contributed by atoms with Crippen molar-refractivity contribution in [3.8, 4) is 12.3 Å². The molecule has 86 valence electrons. The van der Waals surface area contributed by atoms with Gasteiger partial charge < -0.3 is 0 Å². The maximum atomic E-state index is 5.34. The number of aryl methyl sites for hydroxylation is 2. The smallest absolute Gasteiger partial charge is 0.0127 e. The molecule has 1 rings (SSSR count). The number of terminal acetylenes is 1. The molecule has 0 unspecified atom stereocenters. The Morgan fingerprint density at radius 2 is 1.88 bits per heavy atom. The van der Waals surface area contributed by atoms with Crippen LogP contribution in [0.25, 0.3) is 0 Å². The second-order valence-electron chi connectivity index (χ2n) is 5.29. The van der Waals surface area contributed by atoms with Gasteiger partial charge in [-0.2, -0.15) is 0 Å². The number of hydrogen-bond donors (Lipinski definition) is 0. The van der Waals surface area contributed by atoms with Gasteiger partial charge in [0.2, 0.25) is 0 Å². The Bertz CT molecular complexity index is 385. The lowest BCUT2D eigenvalue weighted by Gasteiger charge is -2.21. The van der Waals surface area contributed by atoms with Gasteiger partial charge in [0, 0.05) is 6.42 Å². The molecule has 0 N–H and O–H groups in total. The summed E-state index contributed by atoms with van der Waals surface area (Å²) in [6.45, 7) is 8.95. The van der Waals surface area contributed by atoms with E-state index < -0.39 is 0 Å². The minimum absolute atomic E-state index is 0.219. The summed E-state index contributed by atoms with van der Waals surface area (Å²) in [5.74, 6) is 2.73. The van der Waals surface area contributed by atoms with E-state index in [1.807, 2.05) is 0 Å². The molecule has 0 nitrogen and oxygen atoms in total. The fourth-order valence-electron chi connectivity index (χ4n) is 1.88. The zero-order chi connectivity index (χ0) is 12.2. The molecule has 0 spiro atoms. The second-order valence-corrected chi connectivity index (χ2v) is 5.29. The van der Waals surface area contributed by atoms with Gasteiger partial charge in [0.05, 0.1) is 0 Å². The first-order valence-corrected chi connectivity index (χ1v) is 6.04. The van der Waals surface area contributed by atoms with E-state index in [0.29, 0.717) is 0 Å². The highest BCUT2D eigenvalue weighted by atomic mass is 14.2. The van der Waals surface area contributed by atoms with Crippen molar-refractivity contribution >= 4 is 0 Å². The summed E-state index contributed by atoms with van der Waals surface area (Å²) >= 11 is 0. The lowest BCUT2D eigenvalue weighted by Crippen LogP contribution is -2.12. The van der Waals surface area contributed by atoms with Crippen molar-refractivity contribution in [2.75, 3.05) is 0 Å². The van der Waals surface area contributed by atoms with Gasteiger partial charge in [-0.25, -0.2) is 0 Å². The standard InChI is InChI=1S/C16H22/c1-6-8-9-14-12-15(16(3,4)5)11-10-13(14)7-2/h1,10-12H,7-9H2,2-5H3. The molecular formula is C16H22. The highest BCUT2D eigenvalue weighted by molar-refractivity contribution is 5.35. The van der Waals surface area contributed by atoms with Crippen molar-refractivity contribution in [1.29, 1.82) is 0 Å². The molecule has 0 fully saturated rings. The van der Waals surface area contributed by atoms with Crippen molar-refractivity contribution in [3.05, 3.63) is 34.9 Å². The minimum atomic E-state index is 0.219. The highest BCUT2D eigenvalue weighted by Crippen LogP contribution is 2.25. The molecule has 0 radical (unpaired) electrons. The van der Waals surface area contributed by atoms with Crippen molar-refractivity contribution in [2.24, 2.45) is 0 Å². The van der Waals surface area contributed by atoms with Crippen LogP contribution in [0.3, 0.4) is 0 Å². The normalized spacial score (nSPS) is 11.2. The van der Waals surface area contributed by atoms with Crippen LogP contribution in [0.2, 0.25) is 0 Å². The Kier molecular flexibility index (Phi) is 4.19. The largest absolute Gasteiger partial charge is 0.120 e. The fraction of sp³-hybridized carbons (Fsp3) is 0.500. The molecule has 0 saturated carbocycles. The maximum absolute atomic E-state index is 5.34. The summed E-state index contributed by atoms with van der Waals surface area (Å²) < 4.78 is 0. The third kappa shape index (κ3) is 3.14. The molecule has 0 amide bonds. The molecular weight excluding hydrogens is 192 g/mol. The fourth-order valence-corrected chi connectivity index (χ4v) is 1.88. The molecule has 16 heavy (non-hydrogen) atoms. The van der Waals surface area contributed by atoms with Crippen LogP contribution in [0.15, 0.2) is 18.2 Å². The third-order valence-electron chi connectivity index (χ3n) is 2.99. The van der Waals surface area contributed by atoms with Gasteiger partial charge in [0.1, 0.15) is 0 Å². The molecule has 0 aromatic heterocycles. The van der Waals surface area contributed by atoms with E-state index in [4.69, 9.17) is 6.42 Å². The Morgan fingerprint density at radius 1 is 1.19 bits per heavy atom. The van der Waals surface area contributed by atoms with E-state index >= 15 is 0 Å². The number of hydrogen-bond acceptors (Lipinski definition) is 0. The van der Waals surface area contributed by atoms with Gasteiger partial charge in [0.25, 0.3) is 0 Å². The molecule has 0 heterocycles. The lowest BCUT2D eigenvalue weighted by molar-refractivity contribution is 0.589. The van der Waals surface area contributed by atoms with Crippen LogP contribution in [0, 0.1) is 12.3 Å². The summed E-state index contributed by atoms with van der Waals surface area (Å²) in [4.78, 5) is 0. The molecule has 1 aromatic carbocycles. The summed E-state index contributed by atoms with van der Waals surface area (Å²) in [5, 5.41) is 0. The molecule has 0 aliphatic heterocycles. The van der Waals surface area contributed by atoms with Crippen LogP contribution in [-0.4, -0.2) is 0 Å². The minimum Gasteiger partial charge on any atom is -0.120 e. The van der Waals surface area contributed by atoms with Crippen LogP contribution in [-0.2, 0) is 18.3 Å². The summed E-state index contributed by atoms with van der Waals surface area (Å²) in [6.07, 6.45) is 8.27. The van der Waals surface area contributed by atoms with E-state index in [2.05, 4.69) is 51.8 Å². The van der Waals surface area contributed by atoms with Gasteiger partial charge in [-0.15, -0.1) is 12.3 Å². The zero-order valence-corrected chi connectivity index (χ0v) is 10.9. The average molecular weight is 214 g/mol. The lowest BCUT2D eigenvalue weighted by atomic mass is 9.84. The molecule has 0 heteroatoms. The molecule has 0 aliphatic carbocycles. The third-order valence-corrected chi connectivity index (χ3v) is 2.99. The predicted octanol–water partition coefficient (Wildman–Crippen LogP) is 4.11. The predicted molar refractivity (Wildman–Crippen MR) is 71.7 cm³/mol. The first-order valence-electron chi connectivity index (χ1n) is 6.04. The first kappa shape index (κ1) is 12.8. The monoisotopic (exact) mass is 214 g/mol. The van der Waals surface area contributed by atoms with Crippen molar-refractivity contribution in [2.45, 2.75) is 52.4 Å². The van der Waals surface area contributed by atoms with E-state index in [9.17, 15) is 0 Å². The van der Waals surface area contributed by atoms with E-state index in [-0.39, 0.29) is 5.41 Å². The van der Waals surface area contributed by atoms with Crippen molar-refractivity contribution in [1.82, 2.24) is 0 Å². The SMILES string of the molecule is C#CCCc1cc(C(C)(C)C)ccc1CC. The summed E-state index contributed by atoms with van der Waals surface area (Å²) in [6, 6.07) is 6.83. The average Bonchev–Trinajstić information content (AvgIpc) is 2.24. The van der Waals surface area contributed by atoms with Gasteiger partial charge in [-0.1, -0.05) is 45.9 Å². The van der Waals surface area contributed by atoms with Crippen LogP contribution < -0.4 is 0 Å². The van der Waals surface area contributed by atoms with Gasteiger partial charge in [-0.3, -0.25) is 0 Å². The Morgan fingerprint density at radius 3 is 2.38 bits per heavy atom. The summed E-state index contributed by atoms with van der Waals surface area (Å²) in [7, 11) is 0. The Labute approximate surface area is 100 Å². The van der Waals surface area contributed by atoms with Crippen molar-refractivity contribution < 1.29 is 0 Å². The Hall–Kier alpha value is -1.22. The topological polar surface area (TPSA) is 0 Å². The number of rotatable bonds is 3. The van der Waals surface area contributed by atoms with Gasteiger partial charge >= 0.3 is 0 Å². The summed E-state index contributed by atoms with van der Waals surface area (Å²) in [5.41, 5.74) is 4.48. The number of benzene rings is 1. The van der Waals surface area contributed by atoms with E-state index in [0.717, 1.165) is 19.3 Å². The molecule has 0 aliphatic rings. The van der Waals surface area contributed by atoms with Gasteiger partial charge in [-0.05, 0) is 34.9 Å². The quantitative estimate of drug-likeness (QED) is 0.664. The zero-order valence-electron chi connectivity index (χ0n) is 10.9. The van der Waals surface area contributed by atoms with Crippen molar-refractivity contribution in [3.63, 3.8) is 0 Å². The van der Waals surface area contributed by atoms with Crippen LogP contribution in [0.5, 0.6) is 0 Å². The maximum Gasteiger partial charge on any atom is 0.0127 e. The van der Waals surface area contributed by atoms with E-state index in [1.165, 1.54) is 16.7 Å². The Balaban J connectivity index is 3.07. The molecule has 1 aromatic rings. The van der Waals surface area contributed by atoms with Crippen LogP contribution in [0.1, 0.15) is 50.8 Å². The molecule has 0 atom stereocenters. The second kappa shape index (κ2) is 5.21. The molecule has 0 bridgehead atoms.